The second kappa shape index (κ2) is 7.11. The summed E-state index contributed by atoms with van der Waals surface area (Å²) in [6, 6.07) is 7.41. The zero-order chi connectivity index (χ0) is 13.5. The van der Waals surface area contributed by atoms with Gasteiger partial charge in [-0.25, -0.2) is 0 Å². The first-order valence-electron chi connectivity index (χ1n) is 6.58. The molecule has 5 heteroatoms. The number of rotatable bonds is 6. The van der Waals surface area contributed by atoms with Crippen molar-refractivity contribution in [2.45, 2.75) is 25.5 Å². The predicted octanol–water partition coefficient (Wildman–Crippen LogP) is 0.819. The van der Waals surface area contributed by atoms with Crippen LogP contribution < -0.4 is 15.8 Å². The van der Waals surface area contributed by atoms with Gasteiger partial charge in [0.25, 0.3) is 5.91 Å². The predicted molar refractivity (Wildman–Crippen MR) is 71.8 cm³/mol. The van der Waals surface area contributed by atoms with Crippen molar-refractivity contribution < 1.29 is 14.3 Å². The van der Waals surface area contributed by atoms with Crippen LogP contribution in [0, 0.1) is 0 Å². The van der Waals surface area contributed by atoms with Crippen LogP contribution in [0.3, 0.4) is 0 Å². The first-order chi connectivity index (χ1) is 9.28. The second-order valence-corrected chi connectivity index (χ2v) is 4.58. The number of amides is 1. The molecule has 19 heavy (non-hydrogen) atoms. The van der Waals surface area contributed by atoms with Gasteiger partial charge in [-0.3, -0.25) is 4.79 Å². The van der Waals surface area contributed by atoms with Crippen LogP contribution in [0.5, 0.6) is 5.75 Å². The highest BCUT2D eigenvalue weighted by molar-refractivity contribution is 5.77. The van der Waals surface area contributed by atoms with Crippen molar-refractivity contribution in [1.82, 2.24) is 5.32 Å². The second-order valence-electron chi connectivity index (χ2n) is 4.58. The summed E-state index contributed by atoms with van der Waals surface area (Å²) >= 11 is 0. The molecule has 0 saturated carbocycles. The molecule has 1 atom stereocenters. The standard InChI is InChI=1S/C14H20N2O3/c15-8-11-3-5-12(6-4-11)19-10-14(17)16-9-13-2-1-7-18-13/h3-6,13H,1-2,7-10,15H2,(H,16,17). The number of carbonyl (C=O) groups is 1. The van der Waals surface area contributed by atoms with Gasteiger partial charge in [0.1, 0.15) is 5.75 Å². The Morgan fingerprint density at radius 3 is 2.84 bits per heavy atom. The number of benzene rings is 1. The van der Waals surface area contributed by atoms with Crippen molar-refractivity contribution in [3.8, 4) is 5.75 Å². The molecule has 1 aromatic rings. The topological polar surface area (TPSA) is 73.6 Å². The molecule has 1 amide bonds. The van der Waals surface area contributed by atoms with Gasteiger partial charge in [0.2, 0.25) is 0 Å². The smallest absolute Gasteiger partial charge is 0.258 e. The van der Waals surface area contributed by atoms with Gasteiger partial charge in [0.15, 0.2) is 6.61 Å². The Bertz CT molecular complexity index is 400. The number of hydrogen-bond acceptors (Lipinski definition) is 4. The monoisotopic (exact) mass is 264 g/mol. The van der Waals surface area contributed by atoms with E-state index >= 15 is 0 Å². The van der Waals surface area contributed by atoms with Gasteiger partial charge in [0, 0.05) is 19.7 Å². The molecule has 0 bridgehead atoms. The molecule has 5 nitrogen and oxygen atoms in total. The van der Waals surface area contributed by atoms with Gasteiger partial charge in [-0.1, -0.05) is 12.1 Å². The molecule has 1 aliphatic rings. The van der Waals surface area contributed by atoms with Crippen molar-refractivity contribution in [1.29, 1.82) is 0 Å². The number of hydrogen-bond donors (Lipinski definition) is 2. The molecule has 104 valence electrons. The summed E-state index contributed by atoms with van der Waals surface area (Å²) in [4.78, 5) is 11.6. The molecular formula is C14H20N2O3. The Labute approximate surface area is 113 Å². The third-order valence-electron chi connectivity index (χ3n) is 3.08. The summed E-state index contributed by atoms with van der Waals surface area (Å²) < 4.78 is 10.8. The largest absolute Gasteiger partial charge is 0.484 e. The van der Waals surface area contributed by atoms with E-state index in [1.165, 1.54) is 0 Å². The van der Waals surface area contributed by atoms with Crippen molar-refractivity contribution in [2.24, 2.45) is 5.73 Å². The molecule has 1 aliphatic heterocycles. The lowest BCUT2D eigenvalue weighted by Gasteiger charge is -2.11. The molecule has 1 unspecified atom stereocenters. The summed E-state index contributed by atoms with van der Waals surface area (Å²) in [5.74, 6) is 0.544. The van der Waals surface area contributed by atoms with Gasteiger partial charge in [-0.2, -0.15) is 0 Å². The molecule has 3 N–H and O–H groups in total. The minimum Gasteiger partial charge on any atom is -0.484 e. The van der Waals surface area contributed by atoms with Gasteiger partial charge in [-0.05, 0) is 30.5 Å². The van der Waals surface area contributed by atoms with Gasteiger partial charge < -0.3 is 20.5 Å². The van der Waals surface area contributed by atoms with Crippen LogP contribution in [-0.2, 0) is 16.1 Å². The highest BCUT2D eigenvalue weighted by Gasteiger charge is 2.16. The van der Waals surface area contributed by atoms with E-state index in [0.717, 1.165) is 25.0 Å². The van der Waals surface area contributed by atoms with E-state index in [1.807, 2.05) is 24.3 Å². The Morgan fingerprint density at radius 1 is 1.42 bits per heavy atom. The van der Waals surface area contributed by atoms with E-state index in [-0.39, 0.29) is 18.6 Å². The summed E-state index contributed by atoms with van der Waals surface area (Å²) in [7, 11) is 0. The fraction of sp³-hybridized carbons (Fsp3) is 0.500. The quantitative estimate of drug-likeness (QED) is 0.798. The molecule has 1 heterocycles. The molecule has 1 saturated heterocycles. The molecule has 0 radical (unpaired) electrons. The number of nitrogens with two attached hydrogens (primary N) is 1. The highest BCUT2D eigenvalue weighted by Crippen LogP contribution is 2.12. The summed E-state index contributed by atoms with van der Waals surface area (Å²) in [6.07, 6.45) is 2.25. The minimum absolute atomic E-state index is 0.0225. The molecule has 1 fully saturated rings. The molecular weight excluding hydrogens is 244 g/mol. The molecule has 2 rings (SSSR count). The van der Waals surface area contributed by atoms with Crippen LogP contribution in [0.2, 0.25) is 0 Å². The van der Waals surface area contributed by atoms with Crippen LogP contribution in [-0.4, -0.2) is 31.8 Å². The number of ether oxygens (including phenoxy) is 2. The fourth-order valence-electron chi connectivity index (χ4n) is 1.95. The lowest BCUT2D eigenvalue weighted by Crippen LogP contribution is -2.35. The van der Waals surface area contributed by atoms with Gasteiger partial charge in [0.05, 0.1) is 6.10 Å². The molecule has 0 spiro atoms. The Kier molecular flexibility index (Phi) is 5.18. The van der Waals surface area contributed by atoms with Crippen molar-refractivity contribution in [2.75, 3.05) is 19.8 Å². The zero-order valence-electron chi connectivity index (χ0n) is 10.9. The van der Waals surface area contributed by atoms with E-state index in [9.17, 15) is 4.79 Å². The van der Waals surface area contributed by atoms with Crippen LogP contribution in [0.4, 0.5) is 0 Å². The van der Waals surface area contributed by atoms with Crippen LogP contribution in [0.15, 0.2) is 24.3 Å². The summed E-state index contributed by atoms with van der Waals surface area (Å²) in [5, 5.41) is 2.81. The maximum atomic E-state index is 11.6. The average Bonchev–Trinajstić information content (AvgIpc) is 2.96. The maximum Gasteiger partial charge on any atom is 0.258 e. The normalized spacial score (nSPS) is 18.3. The third kappa shape index (κ3) is 4.54. The third-order valence-corrected chi connectivity index (χ3v) is 3.08. The van der Waals surface area contributed by atoms with Crippen molar-refractivity contribution >= 4 is 5.91 Å². The Balaban J connectivity index is 1.67. The molecule has 1 aromatic carbocycles. The van der Waals surface area contributed by atoms with E-state index in [1.54, 1.807) is 0 Å². The molecule has 0 aliphatic carbocycles. The lowest BCUT2D eigenvalue weighted by atomic mass is 10.2. The van der Waals surface area contributed by atoms with E-state index < -0.39 is 0 Å². The van der Waals surface area contributed by atoms with Crippen LogP contribution in [0.1, 0.15) is 18.4 Å². The number of nitrogens with one attached hydrogen (secondary N) is 1. The first kappa shape index (κ1) is 13.8. The van der Waals surface area contributed by atoms with Crippen molar-refractivity contribution in [3.05, 3.63) is 29.8 Å². The summed E-state index contributed by atoms with van der Waals surface area (Å²) in [5.41, 5.74) is 6.54. The SMILES string of the molecule is NCc1ccc(OCC(=O)NCC2CCCO2)cc1. The maximum absolute atomic E-state index is 11.6. The zero-order valence-corrected chi connectivity index (χ0v) is 10.9. The van der Waals surface area contributed by atoms with E-state index in [0.29, 0.717) is 18.8 Å². The molecule has 0 aromatic heterocycles. The Hall–Kier alpha value is -1.59. The lowest BCUT2D eigenvalue weighted by molar-refractivity contribution is -0.123. The number of carbonyl (C=O) groups excluding carboxylic acids is 1. The Morgan fingerprint density at radius 2 is 2.21 bits per heavy atom. The first-order valence-corrected chi connectivity index (χ1v) is 6.58. The van der Waals surface area contributed by atoms with Crippen molar-refractivity contribution in [3.63, 3.8) is 0 Å². The fourth-order valence-corrected chi connectivity index (χ4v) is 1.95. The van der Waals surface area contributed by atoms with E-state index in [4.69, 9.17) is 15.2 Å². The van der Waals surface area contributed by atoms with Gasteiger partial charge >= 0.3 is 0 Å². The summed E-state index contributed by atoms with van der Waals surface area (Å²) in [6.45, 7) is 1.88. The average molecular weight is 264 g/mol. The van der Waals surface area contributed by atoms with Gasteiger partial charge in [-0.15, -0.1) is 0 Å². The van der Waals surface area contributed by atoms with Crippen LogP contribution in [0.25, 0.3) is 0 Å². The highest BCUT2D eigenvalue weighted by atomic mass is 16.5. The van der Waals surface area contributed by atoms with E-state index in [2.05, 4.69) is 5.32 Å². The minimum atomic E-state index is -0.126. The van der Waals surface area contributed by atoms with Crippen LogP contribution >= 0.6 is 0 Å².